The molecule has 2 aliphatic heterocycles. The topological polar surface area (TPSA) is 29.7 Å². The minimum atomic E-state index is 0. The predicted molar refractivity (Wildman–Crippen MR) is 41.3 cm³/mol. The molecule has 3 nitrogen and oxygen atoms in total. The Bertz CT molecular complexity index is 158. The summed E-state index contributed by atoms with van der Waals surface area (Å²) in [5.74, 6) is 1.01. The SMILES string of the molecule is C1CN=C2[N-]CCCN2C1.[Li+]. The van der Waals surface area contributed by atoms with Crippen molar-refractivity contribution < 1.29 is 18.9 Å². The molecule has 0 bridgehead atoms. The van der Waals surface area contributed by atoms with Crippen molar-refractivity contribution in [2.75, 3.05) is 26.2 Å². The molecule has 0 N–H and O–H groups in total. The van der Waals surface area contributed by atoms with Crippen LogP contribution in [-0.4, -0.2) is 37.0 Å². The second kappa shape index (κ2) is 4.03. The summed E-state index contributed by atoms with van der Waals surface area (Å²) in [6.45, 7) is 4.30. The van der Waals surface area contributed by atoms with Gasteiger partial charge in [0.1, 0.15) is 0 Å². The Balaban J connectivity index is 0.000000605. The Labute approximate surface area is 79.4 Å². The maximum absolute atomic E-state index is 4.33. The van der Waals surface area contributed by atoms with E-state index in [0.29, 0.717) is 0 Å². The van der Waals surface area contributed by atoms with Gasteiger partial charge in [-0.15, -0.1) is 0 Å². The average molecular weight is 145 g/mol. The first kappa shape index (κ1) is 8.96. The van der Waals surface area contributed by atoms with E-state index in [4.69, 9.17) is 0 Å². The van der Waals surface area contributed by atoms with E-state index in [9.17, 15) is 0 Å². The summed E-state index contributed by atoms with van der Waals surface area (Å²) < 4.78 is 0. The Morgan fingerprint density at radius 3 is 2.91 bits per heavy atom. The molecule has 0 atom stereocenters. The van der Waals surface area contributed by atoms with Gasteiger partial charge < -0.3 is 15.2 Å². The summed E-state index contributed by atoms with van der Waals surface area (Å²) in [6.07, 6.45) is 2.41. The molecule has 2 rings (SSSR count). The maximum atomic E-state index is 4.33. The van der Waals surface area contributed by atoms with Gasteiger partial charge in [-0.2, -0.15) is 0 Å². The largest absolute Gasteiger partial charge is 1.00 e. The zero-order chi connectivity index (χ0) is 6.81. The third-order valence-electron chi connectivity index (χ3n) is 1.96. The third kappa shape index (κ3) is 1.91. The van der Waals surface area contributed by atoms with Crippen LogP contribution in [0, 0.1) is 0 Å². The van der Waals surface area contributed by atoms with E-state index in [1.165, 1.54) is 25.9 Å². The number of guanidine groups is 1. The number of nitrogens with zero attached hydrogens (tertiary/aromatic N) is 3. The van der Waals surface area contributed by atoms with Gasteiger partial charge in [0, 0.05) is 5.96 Å². The summed E-state index contributed by atoms with van der Waals surface area (Å²) in [7, 11) is 0. The van der Waals surface area contributed by atoms with E-state index in [2.05, 4.69) is 15.2 Å². The number of hydrogen-bond donors (Lipinski definition) is 0. The van der Waals surface area contributed by atoms with E-state index in [-0.39, 0.29) is 18.9 Å². The Hall–Kier alpha value is -0.133. The second-order valence-electron chi connectivity index (χ2n) is 2.76. The summed E-state index contributed by atoms with van der Waals surface area (Å²) >= 11 is 0. The van der Waals surface area contributed by atoms with Crippen molar-refractivity contribution in [1.29, 1.82) is 0 Å². The van der Waals surface area contributed by atoms with Crippen LogP contribution in [0.2, 0.25) is 0 Å². The van der Waals surface area contributed by atoms with Gasteiger partial charge >= 0.3 is 18.9 Å². The monoisotopic (exact) mass is 145 g/mol. The molecule has 0 radical (unpaired) electrons. The molecular formula is C7H12LiN3. The summed E-state index contributed by atoms with van der Waals surface area (Å²) in [6, 6.07) is 0. The van der Waals surface area contributed by atoms with Crippen LogP contribution in [0.3, 0.4) is 0 Å². The smallest absolute Gasteiger partial charge is 0.426 e. The second-order valence-corrected chi connectivity index (χ2v) is 2.76. The quantitative estimate of drug-likeness (QED) is 0.357. The van der Waals surface area contributed by atoms with Crippen molar-refractivity contribution in [2.45, 2.75) is 12.8 Å². The van der Waals surface area contributed by atoms with Gasteiger partial charge in [-0.05, 0) is 39.0 Å². The van der Waals surface area contributed by atoms with Crippen LogP contribution in [0.1, 0.15) is 12.8 Å². The zero-order valence-corrected chi connectivity index (χ0v) is 7.08. The molecule has 56 valence electrons. The normalized spacial score (nSPS) is 22.5. The van der Waals surface area contributed by atoms with E-state index >= 15 is 0 Å². The van der Waals surface area contributed by atoms with E-state index < -0.39 is 0 Å². The van der Waals surface area contributed by atoms with E-state index in [1.54, 1.807) is 0 Å². The number of fused-ring (bicyclic) bond motifs is 1. The van der Waals surface area contributed by atoms with Crippen LogP contribution in [0.5, 0.6) is 0 Å². The maximum Gasteiger partial charge on any atom is 1.00 e. The van der Waals surface area contributed by atoms with Crippen molar-refractivity contribution in [2.24, 2.45) is 4.99 Å². The van der Waals surface area contributed by atoms with Crippen molar-refractivity contribution in [3.63, 3.8) is 0 Å². The van der Waals surface area contributed by atoms with Gasteiger partial charge in [0.25, 0.3) is 0 Å². The molecule has 0 amide bonds. The zero-order valence-electron chi connectivity index (χ0n) is 7.08. The fourth-order valence-corrected chi connectivity index (χ4v) is 1.44. The fourth-order valence-electron chi connectivity index (χ4n) is 1.44. The van der Waals surface area contributed by atoms with Crippen LogP contribution < -0.4 is 18.9 Å². The van der Waals surface area contributed by atoms with Crippen molar-refractivity contribution in [1.82, 2.24) is 4.90 Å². The molecule has 0 saturated carbocycles. The molecule has 0 unspecified atom stereocenters. The van der Waals surface area contributed by atoms with Crippen LogP contribution in [0.15, 0.2) is 4.99 Å². The van der Waals surface area contributed by atoms with Crippen LogP contribution in [0.25, 0.3) is 5.32 Å². The van der Waals surface area contributed by atoms with Gasteiger partial charge in [0.2, 0.25) is 0 Å². The molecule has 4 heteroatoms. The summed E-state index contributed by atoms with van der Waals surface area (Å²) in [5, 5.41) is 4.33. The standard InChI is InChI=1S/C7H12N3.Li/c1-3-8-7-9-4-2-6-10(7)5-1;/h1-6H2;/q-1;+1. The molecule has 2 heterocycles. The number of rotatable bonds is 0. The van der Waals surface area contributed by atoms with Crippen molar-refractivity contribution in [3.8, 4) is 0 Å². The first-order valence-electron chi connectivity index (χ1n) is 3.94. The van der Waals surface area contributed by atoms with Crippen LogP contribution >= 0.6 is 0 Å². The molecule has 0 spiro atoms. The minimum absolute atomic E-state index is 0. The average Bonchev–Trinajstić information content (AvgIpc) is 2.05. The van der Waals surface area contributed by atoms with Gasteiger partial charge in [-0.3, -0.25) is 0 Å². The Morgan fingerprint density at radius 2 is 2.09 bits per heavy atom. The molecule has 1 saturated heterocycles. The third-order valence-corrected chi connectivity index (χ3v) is 1.96. The molecule has 1 fully saturated rings. The first-order valence-corrected chi connectivity index (χ1v) is 3.94. The molecular weight excluding hydrogens is 133 g/mol. The van der Waals surface area contributed by atoms with E-state index in [1.807, 2.05) is 0 Å². The predicted octanol–water partition coefficient (Wildman–Crippen LogP) is -2.17. The van der Waals surface area contributed by atoms with Crippen LogP contribution in [0.4, 0.5) is 0 Å². The summed E-state index contributed by atoms with van der Waals surface area (Å²) in [4.78, 5) is 6.61. The molecule has 0 aromatic carbocycles. The van der Waals surface area contributed by atoms with Gasteiger partial charge in [0.15, 0.2) is 0 Å². The molecule has 0 aromatic rings. The molecule has 0 aromatic heterocycles. The molecule has 2 aliphatic rings. The van der Waals surface area contributed by atoms with Gasteiger partial charge in [-0.25, -0.2) is 0 Å². The van der Waals surface area contributed by atoms with Crippen LogP contribution in [-0.2, 0) is 0 Å². The Morgan fingerprint density at radius 1 is 1.27 bits per heavy atom. The van der Waals surface area contributed by atoms with Crippen molar-refractivity contribution >= 4 is 5.96 Å². The summed E-state index contributed by atoms with van der Waals surface area (Å²) in [5.41, 5.74) is 0. The van der Waals surface area contributed by atoms with Gasteiger partial charge in [-0.1, -0.05) is 0 Å². The first-order chi connectivity index (χ1) is 4.97. The Kier molecular flexibility index (Phi) is 3.29. The number of aliphatic imine (C=N–C) groups is 1. The molecule has 11 heavy (non-hydrogen) atoms. The van der Waals surface area contributed by atoms with Gasteiger partial charge in [0.05, 0.1) is 0 Å². The minimum Gasteiger partial charge on any atom is -0.426 e. The van der Waals surface area contributed by atoms with Crippen molar-refractivity contribution in [3.05, 3.63) is 5.32 Å². The van der Waals surface area contributed by atoms with E-state index in [0.717, 1.165) is 19.0 Å². The molecule has 0 aliphatic carbocycles. The fraction of sp³-hybridized carbons (Fsp3) is 0.857. The number of hydrogen-bond acceptors (Lipinski definition) is 2.